The van der Waals surface area contributed by atoms with Gasteiger partial charge in [-0.15, -0.1) is 0 Å². The SMILES string of the molecule is CCCC(CCCCCCCCCC(=O)O)C(C)C. The molecule has 0 spiro atoms. The van der Waals surface area contributed by atoms with E-state index < -0.39 is 5.97 Å². The average Bonchev–Trinajstić information content (AvgIpc) is 2.34. The molecular weight excluding hydrogens is 236 g/mol. The molecule has 2 heteroatoms. The van der Waals surface area contributed by atoms with E-state index >= 15 is 0 Å². The molecule has 1 unspecified atom stereocenters. The van der Waals surface area contributed by atoms with E-state index in [1.165, 1.54) is 51.4 Å². The Bertz CT molecular complexity index is 211. The molecule has 0 aromatic rings. The second-order valence-electron chi connectivity index (χ2n) is 6.20. The van der Waals surface area contributed by atoms with Crippen molar-refractivity contribution < 1.29 is 9.90 Å². The van der Waals surface area contributed by atoms with E-state index in [9.17, 15) is 4.79 Å². The van der Waals surface area contributed by atoms with Crippen LogP contribution in [0.4, 0.5) is 0 Å². The van der Waals surface area contributed by atoms with E-state index in [2.05, 4.69) is 20.8 Å². The molecule has 0 amide bonds. The van der Waals surface area contributed by atoms with Crippen molar-refractivity contribution in [2.45, 2.75) is 91.4 Å². The van der Waals surface area contributed by atoms with Gasteiger partial charge in [-0.05, 0) is 18.3 Å². The third kappa shape index (κ3) is 12.3. The van der Waals surface area contributed by atoms with Crippen LogP contribution in [0.5, 0.6) is 0 Å². The summed E-state index contributed by atoms with van der Waals surface area (Å²) >= 11 is 0. The topological polar surface area (TPSA) is 37.3 Å². The molecule has 19 heavy (non-hydrogen) atoms. The van der Waals surface area contributed by atoms with Crippen LogP contribution in [0, 0.1) is 11.8 Å². The Morgan fingerprint density at radius 1 is 0.895 bits per heavy atom. The maximum Gasteiger partial charge on any atom is 0.303 e. The molecule has 0 aromatic carbocycles. The number of rotatable bonds is 13. The fourth-order valence-corrected chi connectivity index (χ4v) is 2.75. The zero-order valence-electron chi connectivity index (χ0n) is 13.3. The lowest BCUT2D eigenvalue weighted by Gasteiger charge is -2.19. The third-order valence-electron chi connectivity index (χ3n) is 4.07. The first kappa shape index (κ1) is 18.5. The Kier molecular flexibility index (Phi) is 12.2. The Morgan fingerprint density at radius 3 is 1.89 bits per heavy atom. The Labute approximate surface area is 120 Å². The van der Waals surface area contributed by atoms with E-state index in [4.69, 9.17) is 5.11 Å². The highest BCUT2D eigenvalue weighted by Gasteiger charge is 2.11. The van der Waals surface area contributed by atoms with Crippen molar-refractivity contribution >= 4 is 5.97 Å². The molecule has 0 aliphatic heterocycles. The monoisotopic (exact) mass is 270 g/mol. The highest BCUT2D eigenvalue weighted by Crippen LogP contribution is 2.23. The van der Waals surface area contributed by atoms with Gasteiger partial charge in [0.05, 0.1) is 0 Å². The van der Waals surface area contributed by atoms with Gasteiger partial charge in [0, 0.05) is 6.42 Å². The van der Waals surface area contributed by atoms with Crippen molar-refractivity contribution in [2.24, 2.45) is 11.8 Å². The fraction of sp³-hybridized carbons (Fsp3) is 0.941. The van der Waals surface area contributed by atoms with E-state index in [1.54, 1.807) is 0 Å². The lowest BCUT2D eigenvalue weighted by Crippen LogP contribution is -2.08. The summed E-state index contributed by atoms with van der Waals surface area (Å²) in [5.41, 5.74) is 0. The minimum atomic E-state index is -0.657. The molecule has 0 aromatic heterocycles. The number of unbranched alkanes of at least 4 members (excludes halogenated alkanes) is 6. The van der Waals surface area contributed by atoms with Gasteiger partial charge >= 0.3 is 5.97 Å². The lowest BCUT2D eigenvalue weighted by atomic mass is 9.86. The van der Waals surface area contributed by atoms with Crippen molar-refractivity contribution in [1.29, 1.82) is 0 Å². The van der Waals surface area contributed by atoms with Gasteiger partial charge in [-0.2, -0.15) is 0 Å². The second-order valence-corrected chi connectivity index (χ2v) is 6.20. The number of carboxylic acids is 1. The van der Waals surface area contributed by atoms with Crippen LogP contribution < -0.4 is 0 Å². The fourth-order valence-electron chi connectivity index (χ4n) is 2.75. The normalized spacial score (nSPS) is 12.8. The van der Waals surface area contributed by atoms with Gasteiger partial charge in [-0.1, -0.05) is 78.6 Å². The number of carbonyl (C=O) groups is 1. The molecule has 1 N–H and O–H groups in total. The number of aliphatic carboxylic acids is 1. The van der Waals surface area contributed by atoms with E-state index in [1.807, 2.05) is 0 Å². The summed E-state index contributed by atoms with van der Waals surface area (Å²) < 4.78 is 0. The van der Waals surface area contributed by atoms with Crippen LogP contribution in [0.2, 0.25) is 0 Å². The third-order valence-corrected chi connectivity index (χ3v) is 4.07. The summed E-state index contributed by atoms with van der Waals surface area (Å²) in [7, 11) is 0. The van der Waals surface area contributed by atoms with Crippen molar-refractivity contribution in [1.82, 2.24) is 0 Å². The molecule has 0 saturated carbocycles. The van der Waals surface area contributed by atoms with E-state index in [0.29, 0.717) is 6.42 Å². The van der Waals surface area contributed by atoms with Gasteiger partial charge in [-0.25, -0.2) is 0 Å². The predicted octanol–water partition coefficient (Wildman–Crippen LogP) is 5.65. The summed E-state index contributed by atoms with van der Waals surface area (Å²) in [5, 5.41) is 8.53. The minimum absolute atomic E-state index is 0.340. The van der Waals surface area contributed by atoms with Crippen LogP contribution in [0.25, 0.3) is 0 Å². The standard InChI is InChI=1S/C17H34O2/c1-4-12-16(15(2)3)13-10-8-6-5-7-9-11-14-17(18)19/h15-16H,4-14H2,1-3H3,(H,18,19). The number of hydrogen-bond donors (Lipinski definition) is 1. The molecule has 0 saturated heterocycles. The van der Waals surface area contributed by atoms with Crippen LogP contribution in [0.3, 0.4) is 0 Å². The predicted molar refractivity (Wildman–Crippen MR) is 82.4 cm³/mol. The maximum absolute atomic E-state index is 10.3. The van der Waals surface area contributed by atoms with Gasteiger partial charge in [-0.3, -0.25) is 4.79 Å². The van der Waals surface area contributed by atoms with Gasteiger partial charge in [0.1, 0.15) is 0 Å². The zero-order chi connectivity index (χ0) is 14.5. The maximum atomic E-state index is 10.3. The largest absolute Gasteiger partial charge is 0.481 e. The van der Waals surface area contributed by atoms with Gasteiger partial charge in [0.2, 0.25) is 0 Å². The van der Waals surface area contributed by atoms with Gasteiger partial charge in [0.15, 0.2) is 0 Å². The molecule has 0 bridgehead atoms. The molecule has 0 heterocycles. The minimum Gasteiger partial charge on any atom is -0.481 e. The van der Waals surface area contributed by atoms with Crippen LogP contribution in [0.15, 0.2) is 0 Å². The Balaban J connectivity index is 3.32. The molecular formula is C17H34O2. The van der Waals surface area contributed by atoms with Crippen LogP contribution in [-0.2, 0) is 4.79 Å². The quantitative estimate of drug-likeness (QED) is 0.439. The first-order chi connectivity index (χ1) is 9.07. The van der Waals surface area contributed by atoms with Crippen molar-refractivity contribution in [3.8, 4) is 0 Å². The van der Waals surface area contributed by atoms with Crippen molar-refractivity contribution in [3.63, 3.8) is 0 Å². The van der Waals surface area contributed by atoms with Crippen molar-refractivity contribution in [2.75, 3.05) is 0 Å². The van der Waals surface area contributed by atoms with E-state index in [-0.39, 0.29) is 0 Å². The average molecular weight is 270 g/mol. The van der Waals surface area contributed by atoms with Crippen LogP contribution in [-0.4, -0.2) is 11.1 Å². The first-order valence-electron chi connectivity index (χ1n) is 8.29. The number of hydrogen-bond acceptors (Lipinski definition) is 1. The zero-order valence-corrected chi connectivity index (χ0v) is 13.3. The summed E-state index contributed by atoms with van der Waals surface area (Å²) in [5.74, 6) is 1.09. The van der Waals surface area contributed by atoms with Crippen molar-refractivity contribution in [3.05, 3.63) is 0 Å². The molecule has 0 aliphatic rings. The molecule has 0 rings (SSSR count). The smallest absolute Gasteiger partial charge is 0.303 e. The summed E-state index contributed by atoms with van der Waals surface area (Å²) in [6.45, 7) is 6.98. The van der Waals surface area contributed by atoms with E-state index in [0.717, 1.165) is 24.7 Å². The Hall–Kier alpha value is -0.530. The van der Waals surface area contributed by atoms with Gasteiger partial charge < -0.3 is 5.11 Å². The molecule has 1 atom stereocenters. The highest BCUT2D eigenvalue weighted by atomic mass is 16.4. The van der Waals surface area contributed by atoms with Crippen LogP contribution >= 0.6 is 0 Å². The summed E-state index contributed by atoms with van der Waals surface area (Å²) in [6, 6.07) is 0. The summed E-state index contributed by atoms with van der Waals surface area (Å²) in [6.07, 6.45) is 12.9. The number of carboxylic acid groups (broad SMARTS) is 1. The molecule has 2 nitrogen and oxygen atoms in total. The molecule has 0 radical (unpaired) electrons. The second kappa shape index (κ2) is 12.5. The molecule has 0 fully saturated rings. The summed E-state index contributed by atoms with van der Waals surface area (Å²) in [4.78, 5) is 10.3. The Morgan fingerprint density at radius 2 is 1.42 bits per heavy atom. The molecule has 0 aliphatic carbocycles. The first-order valence-corrected chi connectivity index (χ1v) is 8.29. The van der Waals surface area contributed by atoms with Gasteiger partial charge in [0.25, 0.3) is 0 Å². The molecule has 114 valence electrons. The lowest BCUT2D eigenvalue weighted by molar-refractivity contribution is -0.137. The highest BCUT2D eigenvalue weighted by molar-refractivity contribution is 5.66. The van der Waals surface area contributed by atoms with Crippen LogP contribution in [0.1, 0.15) is 91.4 Å².